The highest BCUT2D eigenvalue weighted by atomic mass is 16.5. The van der Waals surface area contributed by atoms with Crippen molar-refractivity contribution in [2.45, 2.75) is 25.4 Å². The molecule has 29 heavy (non-hydrogen) atoms. The molecule has 0 aromatic carbocycles. The van der Waals surface area contributed by atoms with E-state index in [1.807, 2.05) is 36.7 Å². The van der Waals surface area contributed by atoms with Crippen molar-refractivity contribution in [2.75, 3.05) is 37.7 Å². The molecule has 0 unspecified atom stereocenters. The highest BCUT2D eigenvalue weighted by molar-refractivity contribution is 5.56. The summed E-state index contributed by atoms with van der Waals surface area (Å²) in [5.41, 5.74) is 1.92. The van der Waals surface area contributed by atoms with Crippen molar-refractivity contribution in [3.05, 3.63) is 54.3 Å². The topological polar surface area (TPSA) is 80.4 Å². The highest BCUT2D eigenvalue weighted by Crippen LogP contribution is 2.33. The van der Waals surface area contributed by atoms with Crippen LogP contribution < -0.4 is 4.90 Å². The van der Waals surface area contributed by atoms with Crippen molar-refractivity contribution in [3.8, 4) is 11.4 Å². The fourth-order valence-electron chi connectivity index (χ4n) is 3.98. The molecule has 0 aliphatic carbocycles. The van der Waals surface area contributed by atoms with Gasteiger partial charge in [0.05, 0.1) is 24.9 Å². The van der Waals surface area contributed by atoms with E-state index in [0.29, 0.717) is 11.7 Å². The lowest BCUT2D eigenvalue weighted by Gasteiger charge is -2.27. The fourth-order valence-corrected chi connectivity index (χ4v) is 3.98. The zero-order valence-corrected chi connectivity index (χ0v) is 16.3. The van der Waals surface area contributed by atoms with Gasteiger partial charge in [-0.05, 0) is 43.7 Å². The minimum atomic E-state index is 0.138. The largest absolute Gasteiger partial charge is 0.378 e. The molecule has 5 rings (SSSR count). The summed E-state index contributed by atoms with van der Waals surface area (Å²) in [4.78, 5) is 18.3. The Kier molecular flexibility index (Phi) is 5.19. The fraction of sp³-hybridized carbons (Fsp3) is 0.429. The predicted octanol–water partition coefficient (Wildman–Crippen LogP) is 2.70. The van der Waals surface area contributed by atoms with Crippen LogP contribution in [0, 0.1) is 0 Å². The first kappa shape index (κ1) is 18.2. The third-order valence-electron chi connectivity index (χ3n) is 5.52. The number of nitrogens with zero attached hydrogens (tertiary/aromatic N) is 6. The van der Waals surface area contributed by atoms with Gasteiger partial charge in [-0.3, -0.25) is 9.88 Å². The summed E-state index contributed by atoms with van der Waals surface area (Å²) in [6.45, 7) is 5.02. The molecule has 0 amide bonds. The zero-order chi connectivity index (χ0) is 19.5. The number of pyridine rings is 2. The van der Waals surface area contributed by atoms with Gasteiger partial charge in [-0.2, -0.15) is 4.98 Å². The van der Waals surface area contributed by atoms with Crippen LogP contribution in [0.4, 0.5) is 5.82 Å². The molecule has 0 spiro atoms. The molecule has 0 saturated carbocycles. The van der Waals surface area contributed by atoms with Crippen LogP contribution in [0.5, 0.6) is 0 Å². The van der Waals surface area contributed by atoms with Crippen LogP contribution in [-0.4, -0.2) is 57.9 Å². The Morgan fingerprint density at radius 3 is 2.76 bits per heavy atom. The molecule has 8 heteroatoms. The maximum Gasteiger partial charge on any atom is 0.244 e. The summed E-state index contributed by atoms with van der Waals surface area (Å²) in [5, 5.41) is 4.21. The molecular formula is C21H24N6O2. The second kappa shape index (κ2) is 8.26. The summed E-state index contributed by atoms with van der Waals surface area (Å²) in [7, 11) is 0. The number of hydrogen-bond donors (Lipinski definition) is 0. The molecule has 0 radical (unpaired) electrons. The van der Waals surface area contributed by atoms with E-state index in [-0.39, 0.29) is 6.04 Å². The Morgan fingerprint density at radius 2 is 1.97 bits per heavy atom. The van der Waals surface area contributed by atoms with E-state index in [1.54, 1.807) is 0 Å². The van der Waals surface area contributed by atoms with Crippen molar-refractivity contribution in [2.24, 2.45) is 0 Å². The number of ether oxygens (including phenoxy) is 1. The number of anilines is 1. The number of morpholine rings is 1. The quantitative estimate of drug-likeness (QED) is 0.656. The van der Waals surface area contributed by atoms with Crippen LogP contribution in [0.1, 0.15) is 30.5 Å². The molecule has 2 aliphatic rings. The molecule has 3 aromatic rings. The van der Waals surface area contributed by atoms with Gasteiger partial charge in [-0.1, -0.05) is 11.2 Å². The monoisotopic (exact) mass is 392 g/mol. The summed E-state index contributed by atoms with van der Waals surface area (Å²) in [5.74, 6) is 2.22. The van der Waals surface area contributed by atoms with Crippen LogP contribution in [0.2, 0.25) is 0 Å². The van der Waals surface area contributed by atoms with Crippen LogP contribution in [0.15, 0.2) is 47.2 Å². The van der Waals surface area contributed by atoms with Crippen molar-refractivity contribution in [3.63, 3.8) is 0 Å². The van der Waals surface area contributed by atoms with Crippen molar-refractivity contribution in [1.82, 2.24) is 25.0 Å². The Labute approximate surface area is 169 Å². The lowest BCUT2D eigenvalue weighted by molar-refractivity contribution is 0.122. The van der Waals surface area contributed by atoms with Gasteiger partial charge in [-0.25, -0.2) is 4.98 Å². The van der Waals surface area contributed by atoms with E-state index in [1.165, 1.54) is 0 Å². The van der Waals surface area contributed by atoms with Crippen LogP contribution >= 0.6 is 0 Å². The van der Waals surface area contributed by atoms with E-state index in [4.69, 9.17) is 9.26 Å². The van der Waals surface area contributed by atoms with Gasteiger partial charge in [0.15, 0.2) is 0 Å². The zero-order valence-electron chi connectivity index (χ0n) is 16.3. The first-order valence-corrected chi connectivity index (χ1v) is 10.1. The van der Waals surface area contributed by atoms with Crippen molar-refractivity contribution >= 4 is 5.82 Å². The molecule has 8 nitrogen and oxygen atoms in total. The molecule has 1 atom stereocenters. The first-order valence-electron chi connectivity index (χ1n) is 10.1. The van der Waals surface area contributed by atoms with Crippen LogP contribution in [-0.2, 0) is 11.3 Å². The second-order valence-electron chi connectivity index (χ2n) is 7.41. The summed E-state index contributed by atoms with van der Waals surface area (Å²) < 4.78 is 11.0. The summed E-state index contributed by atoms with van der Waals surface area (Å²) in [6, 6.07) is 10.2. The van der Waals surface area contributed by atoms with E-state index in [2.05, 4.69) is 36.0 Å². The van der Waals surface area contributed by atoms with E-state index in [0.717, 1.165) is 69.3 Å². The van der Waals surface area contributed by atoms with Crippen molar-refractivity contribution < 1.29 is 9.26 Å². The molecule has 3 aromatic heterocycles. The molecular weight excluding hydrogens is 368 g/mol. The SMILES string of the molecule is c1ccc(CN2CCC[C@H]2c2nc(-c3ccc(N4CCOCC4)nc3)no2)nc1. The minimum Gasteiger partial charge on any atom is -0.378 e. The third-order valence-corrected chi connectivity index (χ3v) is 5.52. The van der Waals surface area contributed by atoms with Gasteiger partial charge in [0.2, 0.25) is 11.7 Å². The molecule has 2 fully saturated rings. The third kappa shape index (κ3) is 3.99. The molecule has 0 bridgehead atoms. The van der Waals surface area contributed by atoms with Gasteiger partial charge < -0.3 is 14.2 Å². The normalized spacial score (nSPS) is 20.3. The molecule has 5 heterocycles. The Balaban J connectivity index is 1.29. The number of rotatable bonds is 5. The summed E-state index contributed by atoms with van der Waals surface area (Å²) in [6.07, 6.45) is 5.78. The Hall–Kier alpha value is -2.84. The Morgan fingerprint density at radius 1 is 1.03 bits per heavy atom. The smallest absolute Gasteiger partial charge is 0.244 e. The minimum absolute atomic E-state index is 0.138. The van der Waals surface area contributed by atoms with E-state index < -0.39 is 0 Å². The Bertz CT molecular complexity index is 924. The molecule has 2 saturated heterocycles. The number of aromatic nitrogens is 4. The average molecular weight is 392 g/mol. The first-order chi connectivity index (χ1) is 14.4. The van der Waals surface area contributed by atoms with Crippen LogP contribution in [0.25, 0.3) is 11.4 Å². The van der Waals surface area contributed by atoms with Gasteiger partial charge in [-0.15, -0.1) is 0 Å². The van der Waals surface area contributed by atoms with E-state index in [9.17, 15) is 0 Å². The van der Waals surface area contributed by atoms with Crippen LogP contribution in [0.3, 0.4) is 0 Å². The standard InChI is InChI=1S/C21H24N6O2/c1-2-8-22-17(4-1)15-27-9-3-5-18(27)21-24-20(25-29-21)16-6-7-19(23-14-16)26-10-12-28-13-11-26/h1-2,4,6-8,14,18H,3,5,9-13,15H2/t18-/m0/s1. The molecule has 0 N–H and O–H groups in total. The second-order valence-corrected chi connectivity index (χ2v) is 7.41. The van der Waals surface area contributed by atoms with Gasteiger partial charge in [0, 0.05) is 37.6 Å². The number of likely N-dealkylation sites (tertiary alicyclic amines) is 1. The lowest BCUT2D eigenvalue weighted by atomic mass is 10.2. The maximum atomic E-state index is 5.64. The molecule has 2 aliphatic heterocycles. The van der Waals surface area contributed by atoms with Gasteiger partial charge in [0.25, 0.3) is 0 Å². The summed E-state index contributed by atoms with van der Waals surface area (Å²) >= 11 is 0. The highest BCUT2D eigenvalue weighted by Gasteiger charge is 2.31. The van der Waals surface area contributed by atoms with Crippen molar-refractivity contribution in [1.29, 1.82) is 0 Å². The van der Waals surface area contributed by atoms with Gasteiger partial charge in [0.1, 0.15) is 5.82 Å². The van der Waals surface area contributed by atoms with Gasteiger partial charge >= 0.3 is 0 Å². The lowest BCUT2D eigenvalue weighted by Crippen LogP contribution is -2.36. The average Bonchev–Trinajstić information content (AvgIpc) is 3.45. The van der Waals surface area contributed by atoms with E-state index >= 15 is 0 Å². The number of hydrogen-bond acceptors (Lipinski definition) is 8. The molecule has 150 valence electrons. The maximum absolute atomic E-state index is 5.64. The predicted molar refractivity (Wildman–Crippen MR) is 107 cm³/mol.